The normalized spacial score (nSPS) is 20.1. The van der Waals surface area contributed by atoms with Crippen LogP contribution in [0.4, 0.5) is 0 Å². The van der Waals surface area contributed by atoms with Gasteiger partial charge in [-0.05, 0) is 37.1 Å². The molecule has 0 unspecified atom stereocenters. The van der Waals surface area contributed by atoms with E-state index < -0.39 is 6.61 Å². The van der Waals surface area contributed by atoms with Gasteiger partial charge in [0.1, 0.15) is 6.61 Å². The summed E-state index contributed by atoms with van der Waals surface area (Å²) in [7, 11) is 0. The largest absolute Gasteiger partial charge is 0.388 e. The second-order valence-corrected chi connectivity index (χ2v) is 8.48. The molecule has 1 aliphatic rings. The van der Waals surface area contributed by atoms with Crippen LogP contribution in [-0.4, -0.2) is 62.0 Å². The highest BCUT2D eigenvalue weighted by Gasteiger charge is 2.29. The summed E-state index contributed by atoms with van der Waals surface area (Å²) in [6.07, 6.45) is 5.56. The molecule has 0 amide bonds. The van der Waals surface area contributed by atoms with Crippen molar-refractivity contribution in [1.29, 1.82) is 0 Å². The summed E-state index contributed by atoms with van der Waals surface area (Å²) in [6, 6.07) is 17.2. The number of hydrogen-bond donors (Lipinski definition) is 1. The second-order valence-electron chi connectivity index (χ2n) is 8.48. The number of rotatable bonds is 7. The van der Waals surface area contributed by atoms with E-state index in [1.54, 1.807) is 6.20 Å². The van der Waals surface area contributed by atoms with Crippen LogP contribution in [0.1, 0.15) is 35.3 Å². The molecule has 4 rings (SSSR count). The number of carbonyl (C=O) groups is 1. The Morgan fingerprint density at radius 2 is 1.58 bits per heavy atom. The van der Waals surface area contributed by atoms with Gasteiger partial charge in [0.2, 0.25) is 0 Å². The Labute approximate surface area is 183 Å². The number of hydrogen-bond acceptors (Lipinski definition) is 5. The minimum Gasteiger partial charge on any atom is -0.388 e. The number of aromatic nitrogens is 2. The Balaban J connectivity index is 1.35. The lowest BCUT2D eigenvalue weighted by molar-refractivity contribution is 0.0290. The van der Waals surface area contributed by atoms with E-state index in [1.807, 2.05) is 41.4 Å². The van der Waals surface area contributed by atoms with Gasteiger partial charge < -0.3 is 9.67 Å². The fourth-order valence-corrected chi connectivity index (χ4v) is 4.45. The van der Waals surface area contributed by atoms with Gasteiger partial charge in [-0.2, -0.15) is 0 Å². The van der Waals surface area contributed by atoms with Crippen LogP contribution in [0.5, 0.6) is 0 Å². The molecule has 1 saturated heterocycles. The van der Waals surface area contributed by atoms with Crippen LogP contribution in [-0.2, 0) is 13.1 Å². The van der Waals surface area contributed by atoms with E-state index in [4.69, 9.17) is 5.11 Å². The number of carbonyl (C=O) groups excluding carboxylic acids is 1. The molecule has 0 bridgehead atoms. The maximum absolute atomic E-state index is 11.6. The van der Waals surface area contributed by atoms with Gasteiger partial charge in [0.15, 0.2) is 5.78 Å². The first kappa shape index (κ1) is 21.4. The van der Waals surface area contributed by atoms with Crippen LogP contribution >= 0.6 is 0 Å². The topological polar surface area (TPSA) is 61.6 Å². The molecule has 2 aromatic carbocycles. The molecule has 2 atom stereocenters. The predicted molar refractivity (Wildman–Crippen MR) is 121 cm³/mol. The molecule has 0 spiro atoms. The minimum absolute atomic E-state index is 0.236. The molecule has 6 nitrogen and oxygen atoms in total. The first-order chi connectivity index (χ1) is 15.0. The van der Waals surface area contributed by atoms with Crippen LogP contribution < -0.4 is 0 Å². The maximum atomic E-state index is 11.6. The fraction of sp³-hybridized carbons (Fsp3) is 0.360. The molecule has 1 aliphatic heterocycles. The summed E-state index contributed by atoms with van der Waals surface area (Å²) < 4.78 is 2.01. The molecule has 31 heavy (non-hydrogen) atoms. The number of Topliss-reactive ketones (excluding diaryl/α,β-unsaturated/α-hetero) is 1. The van der Waals surface area contributed by atoms with Crippen molar-refractivity contribution in [3.63, 3.8) is 0 Å². The predicted octanol–water partition coefficient (Wildman–Crippen LogP) is 3.14. The number of nitrogens with zero attached hydrogens (tertiary/aromatic N) is 4. The third-order valence-corrected chi connectivity index (χ3v) is 6.11. The molecule has 0 radical (unpaired) electrons. The van der Waals surface area contributed by atoms with E-state index in [2.05, 4.69) is 52.9 Å². The van der Waals surface area contributed by atoms with Crippen molar-refractivity contribution in [1.82, 2.24) is 19.4 Å². The van der Waals surface area contributed by atoms with E-state index in [1.165, 1.54) is 11.1 Å². The smallest absolute Gasteiger partial charge is 0.188 e. The van der Waals surface area contributed by atoms with Crippen LogP contribution in [0.2, 0.25) is 0 Å². The zero-order chi connectivity index (χ0) is 21.8. The Morgan fingerprint density at radius 1 is 0.968 bits per heavy atom. The van der Waals surface area contributed by atoms with Crippen LogP contribution in [0, 0.1) is 0 Å². The third-order valence-electron chi connectivity index (χ3n) is 6.11. The van der Waals surface area contributed by atoms with Crippen molar-refractivity contribution in [3.05, 3.63) is 83.9 Å². The molecule has 2 heterocycles. The third kappa shape index (κ3) is 5.10. The van der Waals surface area contributed by atoms with E-state index in [0.717, 1.165) is 31.9 Å². The van der Waals surface area contributed by atoms with Crippen LogP contribution in [0.3, 0.4) is 0 Å². The summed E-state index contributed by atoms with van der Waals surface area (Å²) in [5.74, 6) is -0.236. The molecule has 162 valence electrons. The van der Waals surface area contributed by atoms with Gasteiger partial charge in [-0.15, -0.1) is 0 Å². The van der Waals surface area contributed by atoms with E-state index >= 15 is 0 Å². The Kier molecular flexibility index (Phi) is 6.61. The van der Waals surface area contributed by atoms with E-state index in [0.29, 0.717) is 17.6 Å². The Hall–Kier alpha value is -2.80. The average molecular weight is 419 g/mol. The second kappa shape index (κ2) is 9.56. The highest BCUT2D eigenvalue weighted by atomic mass is 16.3. The molecule has 1 aromatic heterocycles. The molecule has 0 aliphatic carbocycles. The van der Waals surface area contributed by atoms with Crippen LogP contribution in [0.25, 0.3) is 5.69 Å². The number of aliphatic hydroxyl groups excluding tert-OH is 1. The number of benzene rings is 2. The molecule has 0 saturated carbocycles. The number of aliphatic hydroxyl groups is 1. The lowest BCUT2D eigenvalue weighted by Gasteiger charge is -2.44. The Morgan fingerprint density at radius 3 is 2.16 bits per heavy atom. The SMILES string of the molecule is C[C@@H]1CN(Cc2ccc(-n3ccnc3)cc2)C[C@H](C)N1Cc1ccc(C(=O)CO)cc1. The molecular weight excluding hydrogens is 388 g/mol. The first-order valence-electron chi connectivity index (χ1n) is 10.8. The van der Waals surface area contributed by atoms with Gasteiger partial charge >= 0.3 is 0 Å². The summed E-state index contributed by atoms with van der Waals surface area (Å²) in [5.41, 5.74) is 4.20. The Bertz CT molecular complexity index is 971. The molecule has 3 aromatic rings. The van der Waals surface area contributed by atoms with E-state index in [9.17, 15) is 4.79 Å². The zero-order valence-corrected chi connectivity index (χ0v) is 18.2. The van der Waals surface area contributed by atoms with Gasteiger partial charge in [0, 0.05) is 61.9 Å². The highest BCUT2D eigenvalue weighted by Crippen LogP contribution is 2.21. The summed E-state index contributed by atoms with van der Waals surface area (Å²) in [5, 5.41) is 9.01. The number of piperazine rings is 1. The van der Waals surface area contributed by atoms with E-state index in [-0.39, 0.29) is 5.78 Å². The summed E-state index contributed by atoms with van der Waals surface area (Å²) >= 11 is 0. The van der Waals surface area contributed by atoms with Crippen molar-refractivity contribution < 1.29 is 9.90 Å². The lowest BCUT2D eigenvalue weighted by Crippen LogP contribution is -2.55. The van der Waals surface area contributed by atoms with Crippen molar-refractivity contribution in [2.45, 2.75) is 39.0 Å². The van der Waals surface area contributed by atoms with Gasteiger partial charge in [0.25, 0.3) is 0 Å². The van der Waals surface area contributed by atoms with Crippen molar-refractivity contribution in [2.24, 2.45) is 0 Å². The summed E-state index contributed by atoms with van der Waals surface area (Å²) in [6.45, 7) is 7.99. The molecule has 6 heteroatoms. The van der Waals surface area contributed by atoms with Crippen LogP contribution in [0.15, 0.2) is 67.3 Å². The lowest BCUT2D eigenvalue weighted by atomic mass is 10.0. The van der Waals surface area contributed by atoms with Crippen molar-refractivity contribution in [2.75, 3.05) is 19.7 Å². The molecule has 1 N–H and O–H groups in total. The van der Waals surface area contributed by atoms with Crippen molar-refractivity contribution in [3.8, 4) is 5.69 Å². The van der Waals surface area contributed by atoms with Crippen molar-refractivity contribution >= 4 is 5.78 Å². The molecule has 1 fully saturated rings. The highest BCUT2D eigenvalue weighted by molar-refractivity contribution is 5.96. The standard InChI is InChI=1S/C25H30N4O2/c1-19-13-27(15-21-5-9-24(10-6-21)28-12-11-26-18-28)14-20(2)29(19)16-22-3-7-23(8-4-22)25(31)17-30/h3-12,18-20,30H,13-17H2,1-2H3/t19-,20+. The summed E-state index contributed by atoms with van der Waals surface area (Å²) in [4.78, 5) is 20.8. The van der Waals surface area contributed by atoms with Gasteiger partial charge in [-0.1, -0.05) is 36.4 Å². The number of imidazole rings is 1. The first-order valence-corrected chi connectivity index (χ1v) is 10.8. The zero-order valence-electron chi connectivity index (χ0n) is 18.2. The van der Waals surface area contributed by atoms with Gasteiger partial charge in [-0.25, -0.2) is 4.98 Å². The maximum Gasteiger partial charge on any atom is 0.188 e. The monoisotopic (exact) mass is 418 g/mol. The molecular formula is C25H30N4O2. The average Bonchev–Trinajstić information content (AvgIpc) is 3.32. The van der Waals surface area contributed by atoms with Gasteiger partial charge in [0.05, 0.1) is 6.33 Å². The quantitative estimate of drug-likeness (QED) is 0.598. The fourth-order valence-electron chi connectivity index (χ4n) is 4.45. The number of ketones is 1. The minimum atomic E-state index is -0.443. The van der Waals surface area contributed by atoms with Gasteiger partial charge in [-0.3, -0.25) is 14.6 Å².